The van der Waals surface area contributed by atoms with Crippen molar-refractivity contribution in [2.24, 2.45) is 5.92 Å². The topological polar surface area (TPSA) is 81.8 Å². The van der Waals surface area contributed by atoms with Gasteiger partial charge in [-0.3, -0.25) is 14.9 Å². The number of rotatable bonds is 5. The molecular formula is C19H24ClFN4O3. The molecule has 0 radical (unpaired) electrons. The van der Waals surface area contributed by atoms with Crippen molar-refractivity contribution >= 4 is 35.1 Å². The van der Waals surface area contributed by atoms with Gasteiger partial charge in [-0.25, -0.2) is 9.18 Å². The highest BCUT2D eigenvalue weighted by atomic mass is 35.5. The standard InChI is InChI=1S/C19H24ClFN4O3/c1-3-19(17(27)22-18(28)23-19)11-12(2)16(26)25-6-4-24(5-7-25)15-9-13(20)8-14(21)10-15/h8-10,12H,3-7,11H2,1-2H3,(H2,22,23,27,28). The van der Waals surface area contributed by atoms with Gasteiger partial charge in [-0.15, -0.1) is 0 Å². The Morgan fingerprint density at radius 2 is 1.93 bits per heavy atom. The molecule has 1 aromatic rings. The molecule has 2 aliphatic heterocycles. The van der Waals surface area contributed by atoms with E-state index >= 15 is 0 Å². The number of nitrogens with zero attached hydrogens (tertiary/aromatic N) is 2. The van der Waals surface area contributed by atoms with Crippen LogP contribution < -0.4 is 15.5 Å². The molecule has 2 aliphatic rings. The molecule has 28 heavy (non-hydrogen) atoms. The second kappa shape index (κ2) is 7.95. The van der Waals surface area contributed by atoms with Gasteiger partial charge in [-0.1, -0.05) is 25.4 Å². The lowest BCUT2D eigenvalue weighted by Crippen LogP contribution is -2.53. The van der Waals surface area contributed by atoms with Gasteiger partial charge in [0.15, 0.2) is 0 Å². The van der Waals surface area contributed by atoms with E-state index in [1.165, 1.54) is 12.1 Å². The zero-order valence-corrected chi connectivity index (χ0v) is 16.7. The van der Waals surface area contributed by atoms with Crippen molar-refractivity contribution in [3.05, 3.63) is 29.0 Å². The SMILES string of the molecule is CCC1(CC(C)C(=O)N2CCN(c3cc(F)cc(Cl)c3)CC2)NC(=O)NC1=O. The molecule has 7 nitrogen and oxygen atoms in total. The third kappa shape index (κ3) is 4.06. The summed E-state index contributed by atoms with van der Waals surface area (Å²) < 4.78 is 13.6. The summed E-state index contributed by atoms with van der Waals surface area (Å²) in [5, 5.41) is 5.26. The molecule has 4 amide bonds. The fourth-order valence-electron chi connectivity index (χ4n) is 3.89. The largest absolute Gasteiger partial charge is 0.368 e. The average molecular weight is 411 g/mol. The molecule has 2 atom stereocenters. The van der Waals surface area contributed by atoms with Gasteiger partial charge in [0.05, 0.1) is 0 Å². The minimum atomic E-state index is -1.04. The van der Waals surface area contributed by atoms with Gasteiger partial charge in [0.25, 0.3) is 5.91 Å². The Bertz CT molecular complexity index is 777. The predicted octanol–water partition coefficient (Wildman–Crippen LogP) is 2.14. The summed E-state index contributed by atoms with van der Waals surface area (Å²) in [6, 6.07) is 3.87. The first kappa shape index (κ1) is 20.4. The van der Waals surface area contributed by atoms with Gasteiger partial charge in [0.2, 0.25) is 5.91 Å². The lowest BCUT2D eigenvalue weighted by atomic mass is 9.85. The van der Waals surface area contributed by atoms with Crippen LogP contribution in [0.2, 0.25) is 5.02 Å². The van der Waals surface area contributed by atoms with E-state index in [1.54, 1.807) is 17.9 Å². The molecule has 0 spiro atoms. The Labute approximate surface area is 168 Å². The summed E-state index contributed by atoms with van der Waals surface area (Å²) in [7, 11) is 0. The van der Waals surface area contributed by atoms with Crippen LogP contribution in [0.15, 0.2) is 18.2 Å². The number of urea groups is 1. The second-order valence-electron chi connectivity index (χ2n) is 7.39. The van der Waals surface area contributed by atoms with Crippen LogP contribution in [0.25, 0.3) is 0 Å². The number of hydrogen-bond acceptors (Lipinski definition) is 4. The van der Waals surface area contributed by atoms with E-state index in [9.17, 15) is 18.8 Å². The summed E-state index contributed by atoms with van der Waals surface area (Å²) in [6.07, 6.45) is 0.663. The first-order valence-corrected chi connectivity index (χ1v) is 9.75. The molecule has 2 N–H and O–H groups in total. The van der Waals surface area contributed by atoms with E-state index in [4.69, 9.17) is 11.6 Å². The van der Waals surface area contributed by atoms with E-state index in [0.29, 0.717) is 43.3 Å². The highest BCUT2D eigenvalue weighted by molar-refractivity contribution is 6.30. The molecule has 2 fully saturated rings. The smallest absolute Gasteiger partial charge is 0.322 e. The minimum Gasteiger partial charge on any atom is -0.368 e. The molecule has 0 bridgehead atoms. The van der Waals surface area contributed by atoms with Crippen molar-refractivity contribution in [2.45, 2.75) is 32.2 Å². The Hall–Kier alpha value is -2.35. The molecule has 152 valence electrons. The Balaban J connectivity index is 1.60. The van der Waals surface area contributed by atoms with Crippen molar-refractivity contribution in [3.63, 3.8) is 0 Å². The van der Waals surface area contributed by atoms with E-state index < -0.39 is 23.3 Å². The lowest BCUT2D eigenvalue weighted by Gasteiger charge is -2.38. The van der Waals surface area contributed by atoms with Gasteiger partial charge < -0.3 is 15.1 Å². The van der Waals surface area contributed by atoms with Crippen LogP contribution in [0.5, 0.6) is 0 Å². The van der Waals surface area contributed by atoms with E-state index in [0.717, 1.165) is 0 Å². The fourth-order valence-corrected chi connectivity index (χ4v) is 4.11. The molecule has 3 rings (SSSR count). The number of piperazine rings is 1. The minimum absolute atomic E-state index is 0.0568. The monoisotopic (exact) mass is 410 g/mol. The fraction of sp³-hybridized carbons (Fsp3) is 0.526. The molecule has 0 aliphatic carbocycles. The van der Waals surface area contributed by atoms with Crippen LogP contribution in [-0.4, -0.2) is 54.5 Å². The summed E-state index contributed by atoms with van der Waals surface area (Å²) in [4.78, 5) is 40.3. The zero-order chi connectivity index (χ0) is 20.5. The number of nitrogens with one attached hydrogen (secondary N) is 2. The maximum atomic E-state index is 13.6. The van der Waals surface area contributed by atoms with Crippen molar-refractivity contribution in [1.29, 1.82) is 0 Å². The van der Waals surface area contributed by atoms with Crippen LogP contribution >= 0.6 is 11.6 Å². The number of anilines is 1. The zero-order valence-electron chi connectivity index (χ0n) is 15.9. The highest BCUT2D eigenvalue weighted by Crippen LogP contribution is 2.27. The predicted molar refractivity (Wildman–Crippen MR) is 104 cm³/mol. The maximum absolute atomic E-state index is 13.6. The van der Waals surface area contributed by atoms with E-state index in [1.807, 2.05) is 11.8 Å². The van der Waals surface area contributed by atoms with Crippen LogP contribution in [0.1, 0.15) is 26.7 Å². The number of imide groups is 1. The van der Waals surface area contributed by atoms with Gasteiger partial charge in [0.1, 0.15) is 11.4 Å². The molecule has 0 saturated carbocycles. The molecule has 2 saturated heterocycles. The molecule has 1 aromatic carbocycles. The Morgan fingerprint density at radius 3 is 2.46 bits per heavy atom. The van der Waals surface area contributed by atoms with Gasteiger partial charge >= 0.3 is 6.03 Å². The van der Waals surface area contributed by atoms with E-state index in [-0.39, 0.29) is 18.2 Å². The molecule has 0 aromatic heterocycles. The van der Waals surface area contributed by atoms with E-state index in [2.05, 4.69) is 10.6 Å². The quantitative estimate of drug-likeness (QED) is 0.729. The molecular weight excluding hydrogens is 387 g/mol. The van der Waals surface area contributed by atoms with Gasteiger partial charge in [-0.2, -0.15) is 0 Å². The third-order valence-corrected chi connectivity index (χ3v) is 5.72. The third-order valence-electron chi connectivity index (χ3n) is 5.50. The molecule has 2 heterocycles. The number of carbonyl (C=O) groups excluding carboxylic acids is 3. The van der Waals surface area contributed by atoms with Crippen LogP contribution in [0.3, 0.4) is 0 Å². The summed E-state index contributed by atoms with van der Waals surface area (Å²) in [6.45, 7) is 5.70. The van der Waals surface area contributed by atoms with Crippen molar-refractivity contribution in [3.8, 4) is 0 Å². The van der Waals surface area contributed by atoms with Crippen molar-refractivity contribution in [1.82, 2.24) is 15.5 Å². The first-order valence-electron chi connectivity index (χ1n) is 9.37. The normalized spacial score (nSPS) is 23.4. The van der Waals surface area contributed by atoms with Gasteiger partial charge in [-0.05, 0) is 31.0 Å². The van der Waals surface area contributed by atoms with Crippen LogP contribution in [0.4, 0.5) is 14.9 Å². The van der Waals surface area contributed by atoms with Crippen molar-refractivity contribution in [2.75, 3.05) is 31.1 Å². The number of carbonyl (C=O) groups is 3. The number of hydrogen-bond donors (Lipinski definition) is 2. The van der Waals surface area contributed by atoms with Gasteiger partial charge in [0, 0.05) is 42.8 Å². The number of amides is 4. The lowest BCUT2D eigenvalue weighted by molar-refractivity contribution is -0.136. The molecule has 9 heteroatoms. The Kier molecular flexibility index (Phi) is 5.79. The van der Waals surface area contributed by atoms with Crippen LogP contribution in [-0.2, 0) is 9.59 Å². The van der Waals surface area contributed by atoms with Crippen molar-refractivity contribution < 1.29 is 18.8 Å². The summed E-state index contributed by atoms with van der Waals surface area (Å²) >= 11 is 5.93. The summed E-state index contributed by atoms with van der Waals surface area (Å²) in [5.74, 6) is -1.25. The average Bonchev–Trinajstić information content (AvgIpc) is 2.94. The molecule has 2 unspecified atom stereocenters. The summed E-state index contributed by atoms with van der Waals surface area (Å²) in [5.41, 5.74) is -0.341. The highest BCUT2D eigenvalue weighted by Gasteiger charge is 2.46. The van der Waals surface area contributed by atoms with Crippen LogP contribution in [0, 0.1) is 11.7 Å². The number of halogens is 2. The maximum Gasteiger partial charge on any atom is 0.322 e. The first-order chi connectivity index (χ1) is 13.2. The second-order valence-corrected chi connectivity index (χ2v) is 7.83. The Morgan fingerprint density at radius 1 is 1.25 bits per heavy atom. The number of benzene rings is 1.